The molecule has 0 atom stereocenters. The minimum absolute atomic E-state index is 0.0534. The summed E-state index contributed by atoms with van der Waals surface area (Å²) < 4.78 is 7.05. The van der Waals surface area contributed by atoms with Crippen molar-refractivity contribution in [3.63, 3.8) is 0 Å². The number of carbonyl (C=O) groups is 2. The molecule has 0 fully saturated rings. The maximum atomic E-state index is 12.9. The van der Waals surface area contributed by atoms with Gasteiger partial charge in [-0.25, -0.2) is 9.67 Å². The van der Waals surface area contributed by atoms with Crippen molar-refractivity contribution < 1.29 is 14.3 Å². The van der Waals surface area contributed by atoms with Crippen molar-refractivity contribution in [1.29, 1.82) is 0 Å². The van der Waals surface area contributed by atoms with Gasteiger partial charge in [0.1, 0.15) is 10.6 Å². The fourth-order valence-electron chi connectivity index (χ4n) is 3.75. The van der Waals surface area contributed by atoms with Gasteiger partial charge in [0.05, 0.1) is 18.5 Å². The van der Waals surface area contributed by atoms with E-state index in [0.29, 0.717) is 27.0 Å². The van der Waals surface area contributed by atoms with Gasteiger partial charge in [-0.1, -0.05) is 35.6 Å². The molecular formula is C26H26N4O3S. The summed E-state index contributed by atoms with van der Waals surface area (Å²) in [7, 11) is 1.65. The number of thiazole rings is 1. The van der Waals surface area contributed by atoms with Gasteiger partial charge in [-0.2, -0.15) is 5.10 Å². The number of amides is 1. The van der Waals surface area contributed by atoms with Gasteiger partial charge in [-0.3, -0.25) is 9.59 Å². The molecular weight excluding hydrogens is 448 g/mol. The Morgan fingerprint density at radius 1 is 1.06 bits per heavy atom. The number of nitrogens with zero attached hydrogens (tertiary/aromatic N) is 3. The summed E-state index contributed by atoms with van der Waals surface area (Å²) in [6.07, 6.45) is 0.742. The number of anilines is 1. The second-order valence-corrected chi connectivity index (χ2v) is 9.07. The van der Waals surface area contributed by atoms with Crippen LogP contribution in [0.4, 0.5) is 5.69 Å². The Labute approximate surface area is 202 Å². The third kappa shape index (κ3) is 4.77. The summed E-state index contributed by atoms with van der Waals surface area (Å²) >= 11 is 1.29. The lowest BCUT2D eigenvalue weighted by Crippen LogP contribution is -2.11. The smallest absolute Gasteiger partial charge is 0.267 e. The predicted molar refractivity (Wildman–Crippen MR) is 134 cm³/mol. The van der Waals surface area contributed by atoms with Gasteiger partial charge in [0, 0.05) is 28.9 Å². The van der Waals surface area contributed by atoms with E-state index in [4.69, 9.17) is 9.84 Å². The highest BCUT2D eigenvalue weighted by atomic mass is 32.1. The zero-order chi connectivity index (χ0) is 24.4. The summed E-state index contributed by atoms with van der Waals surface area (Å²) in [5, 5.41) is 8.22. The lowest BCUT2D eigenvalue weighted by atomic mass is 10.0. The summed E-state index contributed by atoms with van der Waals surface area (Å²) in [6.45, 7) is 7.31. The number of rotatable bonds is 7. The average molecular weight is 475 g/mol. The number of aryl methyl sites for hydroxylation is 2. The van der Waals surface area contributed by atoms with Gasteiger partial charge in [-0.15, -0.1) is 0 Å². The first-order chi connectivity index (χ1) is 16.3. The van der Waals surface area contributed by atoms with Crippen LogP contribution in [0.3, 0.4) is 0 Å². The second-order valence-electron chi connectivity index (χ2n) is 8.09. The molecule has 4 aromatic rings. The summed E-state index contributed by atoms with van der Waals surface area (Å²) in [5.74, 6) is 0.509. The molecule has 8 heteroatoms. The molecule has 0 saturated heterocycles. The van der Waals surface area contributed by atoms with Crippen molar-refractivity contribution in [2.24, 2.45) is 0 Å². The fourth-order valence-corrected chi connectivity index (χ4v) is 4.72. The van der Waals surface area contributed by atoms with Gasteiger partial charge in [0.2, 0.25) is 5.13 Å². The second kappa shape index (κ2) is 9.61. The largest absolute Gasteiger partial charge is 0.497 e. The number of carbonyl (C=O) groups excluding carboxylic acids is 2. The van der Waals surface area contributed by atoms with Crippen LogP contribution in [-0.2, 0) is 6.42 Å². The van der Waals surface area contributed by atoms with Crippen LogP contribution >= 0.6 is 11.3 Å². The van der Waals surface area contributed by atoms with Crippen molar-refractivity contribution in [1.82, 2.24) is 14.8 Å². The normalized spacial score (nSPS) is 10.9. The quantitative estimate of drug-likeness (QED) is 0.367. The Balaban J connectivity index is 1.58. The first-order valence-electron chi connectivity index (χ1n) is 10.8. The predicted octanol–water partition coefficient (Wildman–Crippen LogP) is 5.31. The third-order valence-electron chi connectivity index (χ3n) is 5.68. The van der Waals surface area contributed by atoms with Crippen LogP contribution in [0.2, 0.25) is 0 Å². The zero-order valence-electron chi connectivity index (χ0n) is 19.8. The van der Waals surface area contributed by atoms with Gasteiger partial charge in [-0.05, 0) is 57.5 Å². The molecule has 2 heterocycles. The monoisotopic (exact) mass is 474 g/mol. The third-order valence-corrected chi connectivity index (χ3v) is 6.81. The maximum absolute atomic E-state index is 12.9. The average Bonchev–Trinajstić information content (AvgIpc) is 3.34. The molecule has 0 aliphatic heterocycles. The number of ether oxygens (including phenoxy) is 1. The van der Waals surface area contributed by atoms with E-state index in [1.165, 1.54) is 18.3 Å². The number of benzene rings is 2. The molecule has 34 heavy (non-hydrogen) atoms. The van der Waals surface area contributed by atoms with E-state index in [9.17, 15) is 9.59 Å². The number of methoxy groups -OCH3 is 1. The molecule has 0 radical (unpaired) electrons. The number of nitrogens with one attached hydrogen (secondary N) is 1. The van der Waals surface area contributed by atoms with Crippen LogP contribution in [0.25, 0.3) is 5.13 Å². The Morgan fingerprint density at radius 2 is 1.79 bits per heavy atom. The van der Waals surface area contributed by atoms with E-state index in [-0.39, 0.29) is 11.7 Å². The molecule has 1 N–H and O–H groups in total. The van der Waals surface area contributed by atoms with E-state index < -0.39 is 0 Å². The van der Waals surface area contributed by atoms with Crippen LogP contribution < -0.4 is 10.1 Å². The van der Waals surface area contributed by atoms with E-state index in [0.717, 1.165) is 34.7 Å². The summed E-state index contributed by atoms with van der Waals surface area (Å²) in [6, 6.07) is 14.9. The van der Waals surface area contributed by atoms with Crippen LogP contribution in [0, 0.1) is 20.8 Å². The van der Waals surface area contributed by atoms with E-state index in [1.54, 1.807) is 36.1 Å². The van der Waals surface area contributed by atoms with Crippen molar-refractivity contribution >= 4 is 28.7 Å². The first kappa shape index (κ1) is 23.4. The molecule has 0 spiro atoms. The van der Waals surface area contributed by atoms with E-state index in [1.807, 2.05) is 45.0 Å². The lowest BCUT2D eigenvalue weighted by molar-refractivity contribution is 0.101. The molecule has 2 aromatic heterocycles. The van der Waals surface area contributed by atoms with Crippen LogP contribution in [0.5, 0.6) is 5.75 Å². The van der Waals surface area contributed by atoms with Crippen molar-refractivity contribution in [2.75, 3.05) is 12.4 Å². The molecule has 0 bridgehead atoms. The Morgan fingerprint density at radius 3 is 2.47 bits per heavy atom. The lowest BCUT2D eigenvalue weighted by Gasteiger charge is -2.05. The van der Waals surface area contributed by atoms with Crippen molar-refractivity contribution in [2.45, 2.75) is 34.1 Å². The Hall–Kier alpha value is -3.78. The summed E-state index contributed by atoms with van der Waals surface area (Å²) in [4.78, 5) is 29.7. The standard InChI is InChI=1S/C26H26N4O3S/c1-15-23(13-19-9-11-22(33-5)12-10-19)17(3)30(29-15)26-27-16(2)24(34-26)25(32)28-21-8-6-7-20(14-21)18(4)31/h6-12,14H,13H2,1-5H3,(H,28,32). The van der Waals surface area contributed by atoms with Gasteiger partial charge >= 0.3 is 0 Å². The molecule has 4 rings (SSSR count). The highest BCUT2D eigenvalue weighted by Gasteiger charge is 2.20. The van der Waals surface area contributed by atoms with Gasteiger partial charge in [0.25, 0.3) is 5.91 Å². The number of ketones is 1. The van der Waals surface area contributed by atoms with Crippen LogP contribution in [0.15, 0.2) is 48.5 Å². The molecule has 0 saturated carbocycles. The highest BCUT2D eigenvalue weighted by molar-refractivity contribution is 7.16. The number of aromatic nitrogens is 3. The molecule has 174 valence electrons. The summed E-state index contributed by atoms with van der Waals surface area (Å²) in [5.41, 5.74) is 5.95. The van der Waals surface area contributed by atoms with Gasteiger partial charge < -0.3 is 10.1 Å². The zero-order valence-corrected chi connectivity index (χ0v) is 20.6. The molecule has 7 nitrogen and oxygen atoms in total. The topological polar surface area (TPSA) is 86.1 Å². The molecule has 0 unspecified atom stereocenters. The van der Waals surface area contributed by atoms with Crippen molar-refractivity contribution in [3.05, 3.63) is 87.2 Å². The number of Topliss-reactive ketones (excluding diaryl/α,β-unsaturated/α-hetero) is 1. The molecule has 0 aliphatic rings. The van der Waals surface area contributed by atoms with Crippen LogP contribution in [-0.4, -0.2) is 33.6 Å². The van der Waals surface area contributed by atoms with E-state index >= 15 is 0 Å². The molecule has 2 aromatic carbocycles. The molecule has 0 aliphatic carbocycles. The number of hydrogen-bond donors (Lipinski definition) is 1. The Kier molecular flexibility index (Phi) is 6.61. The van der Waals surface area contributed by atoms with Gasteiger partial charge in [0.15, 0.2) is 5.78 Å². The number of hydrogen-bond acceptors (Lipinski definition) is 6. The first-order valence-corrected chi connectivity index (χ1v) is 11.7. The maximum Gasteiger partial charge on any atom is 0.267 e. The van der Waals surface area contributed by atoms with E-state index in [2.05, 4.69) is 10.3 Å². The minimum atomic E-state index is -0.262. The van der Waals surface area contributed by atoms with Crippen LogP contribution in [0.1, 0.15) is 55.2 Å². The Bertz CT molecular complexity index is 1370. The minimum Gasteiger partial charge on any atom is -0.497 e. The van der Waals surface area contributed by atoms with Crippen molar-refractivity contribution in [3.8, 4) is 10.9 Å². The molecule has 1 amide bonds. The SMILES string of the molecule is COc1ccc(Cc2c(C)nn(-c3nc(C)c(C(=O)Nc4cccc(C(C)=O)c4)s3)c2C)cc1. The highest BCUT2D eigenvalue weighted by Crippen LogP contribution is 2.27. The fraction of sp³-hybridized carbons (Fsp3) is 0.231.